The Balaban J connectivity index is 1.83. The highest BCUT2D eigenvalue weighted by molar-refractivity contribution is 5.92. The molecule has 0 aliphatic carbocycles. The van der Waals surface area contributed by atoms with Crippen LogP contribution in [0.25, 0.3) is 0 Å². The number of rotatable bonds is 3. The lowest BCUT2D eigenvalue weighted by Gasteiger charge is -2.21. The molecule has 3 rings (SSSR count). The molecule has 0 unspecified atom stereocenters. The maximum absolute atomic E-state index is 12.6. The Kier molecular flexibility index (Phi) is 3.53. The van der Waals surface area contributed by atoms with Crippen molar-refractivity contribution in [3.8, 4) is 0 Å². The van der Waals surface area contributed by atoms with Crippen molar-refractivity contribution in [3.05, 3.63) is 35.5 Å². The molecule has 1 fully saturated rings. The van der Waals surface area contributed by atoms with Gasteiger partial charge in [0.25, 0.3) is 5.91 Å². The normalized spacial score (nSPS) is 18.7. The van der Waals surface area contributed by atoms with Gasteiger partial charge in [-0.15, -0.1) is 0 Å². The van der Waals surface area contributed by atoms with Gasteiger partial charge in [-0.1, -0.05) is 19.0 Å². The Bertz CT molecular complexity index is 644. The molecule has 112 valence electrons. The fraction of sp³-hybridized carbons (Fsp3) is 0.533. The van der Waals surface area contributed by atoms with Crippen LogP contribution in [0, 0.1) is 0 Å². The molecule has 0 aromatic carbocycles. The van der Waals surface area contributed by atoms with Gasteiger partial charge in [-0.25, -0.2) is 0 Å². The van der Waals surface area contributed by atoms with E-state index in [2.05, 4.69) is 24.1 Å². The highest BCUT2D eigenvalue weighted by Gasteiger charge is 2.34. The summed E-state index contributed by atoms with van der Waals surface area (Å²) in [7, 11) is 1.81. The molecule has 0 saturated carbocycles. The zero-order valence-electron chi connectivity index (χ0n) is 12.6. The highest BCUT2D eigenvalue weighted by Crippen LogP contribution is 2.34. The van der Waals surface area contributed by atoms with Gasteiger partial charge in [0.15, 0.2) is 5.76 Å². The standard InChI is InChI=1S/C15H20N4O2/c1-10(2)12-9-14(21-17-12)13-5-4-7-19(13)15(20)11-6-8-18(3)16-11/h6,8-10,13H,4-5,7H2,1-3H3/t13-/m0/s1. The van der Waals surface area contributed by atoms with Gasteiger partial charge in [0, 0.05) is 25.9 Å². The van der Waals surface area contributed by atoms with Crippen LogP contribution >= 0.6 is 0 Å². The van der Waals surface area contributed by atoms with Gasteiger partial charge < -0.3 is 9.42 Å². The van der Waals surface area contributed by atoms with E-state index in [0.717, 1.165) is 30.8 Å². The zero-order valence-corrected chi connectivity index (χ0v) is 12.6. The second kappa shape index (κ2) is 5.35. The minimum atomic E-state index is -0.0411. The van der Waals surface area contributed by atoms with Crippen LogP contribution in [-0.2, 0) is 7.05 Å². The van der Waals surface area contributed by atoms with E-state index in [1.54, 1.807) is 16.9 Å². The fourth-order valence-electron chi connectivity index (χ4n) is 2.71. The van der Waals surface area contributed by atoms with Crippen LogP contribution < -0.4 is 0 Å². The third-order valence-corrected chi connectivity index (χ3v) is 3.91. The lowest BCUT2D eigenvalue weighted by Crippen LogP contribution is -2.30. The number of hydrogen-bond donors (Lipinski definition) is 0. The zero-order chi connectivity index (χ0) is 15.0. The van der Waals surface area contributed by atoms with Crippen LogP contribution in [0.5, 0.6) is 0 Å². The molecule has 21 heavy (non-hydrogen) atoms. The maximum Gasteiger partial charge on any atom is 0.274 e. The molecular weight excluding hydrogens is 268 g/mol. The predicted octanol–water partition coefficient (Wildman–Crippen LogP) is 2.51. The van der Waals surface area contributed by atoms with Gasteiger partial charge in [0.2, 0.25) is 0 Å². The summed E-state index contributed by atoms with van der Waals surface area (Å²) < 4.78 is 7.10. The fourth-order valence-corrected chi connectivity index (χ4v) is 2.71. The predicted molar refractivity (Wildman–Crippen MR) is 76.8 cm³/mol. The average Bonchev–Trinajstić information content (AvgIpc) is 3.17. The molecule has 0 N–H and O–H groups in total. The van der Waals surface area contributed by atoms with Crippen molar-refractivity contribution in [2.24, 2.45) is 7.05 Å². The summed E-state index contributed by atoms with van der Waals surface area (Å²) in [6.45, 7) is 4.89. The molecule has 0 bridgehead atoms. The van der Waals surface area contributed by atoms with E-state index in [1.807, 2.05) is 18.0 Å². The van der Waals surface area contributed by atoms with Gasteiger partial charge in [-0.2, -0.15) is 5.10 Å². The van der Waals surface area contributed by atoms with Gasteiger partial charge in [0.1, 0.15) is 5.69 Å². The molecule has 1 saturated heterocycles. The van der Waals surface area contributed by atoms with Gasteiger partial charge in [0.05, 0.1) is 11.7 Å². The van der Waals surface area contributed by atoms with Crippen LogP contribution in [0.3, 0.4) is 0 Å². The van der Waals surface area contributed by atoms with Crippen molar-refractivity contribution in [2.45, 2.75) is 38.6 Å². The molecule has 2 aromatic rings. The van der Waals surface area contributed by atoms with Crippen molar-refractivity contribution >= 4 is 5.91 Å². The summed E-state index contributed by atoms with van der Waals surface area (Å²) in [5.74, 6) is 1.06. The number of carbonyl (C=O) groups is 1. The molecule has 1 aliphatic heterocycles. The molecule has 1 atom stereocenters. The SMILES string of the molecule is CC(C)c1cc([C@@H]2CCCN2C(=O)c2ccn(C)n2)on1. The maximum atomic E-state index is 12.6. The summed E-state index contributed by atoms with van der Waals surface area (Å²) in [6, 6.07) is 3.69. The van der Waals surface area contributed by atoms with Crippen molar-refractivity contribution < 1.29 is 9.32 Å². The lowest BCUT2D eigenvalue weighted by atomic mass is 10.1. The largest absolute Gasteiger partial charge is 0.359 e. The topological polar surface area (TPSA) is 64.2 Å². The van der Waals surface area contributed by atoms with Gasteiger partial charge in [-0.3, -0.25) is 9.48 Å². The number of amides is 1. The Morgan fingerprint density at radius 1 is 1.48 bits per heavy atom. The van der Waals surface area contributed by atoms with E-state index in [0.29, 0.717) is 11.6 Å². The van der Waals surface area contributed by atoms with Crippen LogP contribution in [0.15, 0.2) is 22.9 Å². The molecule has 1 amide bonds. The van der Waals surface area contributed by atoms with Crippen LogP contribution in [0.4, 0.5) is 0 Å². The Labute approximate surface area is 123 Å². The molecule has 0 radical (unpaired) electrons. The highest BCUT2D eigenvalue weighted by atomic mass is 16.5. The van der Waals surface area contributed by atoms with Gasteiger partial charge >= 0.3 is 0 Å². The quantitative estimate of drug-likeness (QED) is 0.870. The minimum Gasteiger partial charge on any atom is -0.359 e. The number of hydrogen-bond acceptors (Lipinski definition) is 4. The van der Waals surface area contributed by atoms with Crippen LogP contribution in [-0.4, -0.2) is 32.3 Å². The smallest absolute Gasteiger partial charge is 0.274 e. The number of likely N-dealkylation sites (tertiary alicyclic amines) is 1. The summed E-state index contributed by atoms with van der Waals surface area (Å²) in [5, 5.41) is 8.29. The summed E-state index contributed by atoms with van der Waals surface area (Å²) in [4.78, 5) is 14.4. The van der Waals surface area contributed by atoms with Gasteiger partial charge in [-0.05, 0) is 24.8 Å². The Hall–Kier alpha value is -2.11. The molecule has 6 nitrogen and oxygen atoms in total. The molecular formula is C15H20N4O2. The Morgan fingerprint density at radius 3 is 2.90 bits per heavy atom. The van der Waals surface area contributed by atoms with E-state index in [-0.39, 0.29) is 11.9 Å². The van der Waals surface area contributed by atoms with Crippen LogP contribution in [0.2, 0.25) is 0 Å². The average molecular weight is 288 g/mol. The lowest BCUT2D eigenvalue weighted by molar-refractivity contribution is 0.0707. The van der Waals surface area contributed by atoms with E-state index >= 15 is 0 Å². The monoisotopic (exact) mass is 288 g/mol. The summed E-state index contributed by atoms with van der Waals surface area (Å²) in [6.07, 6.45) is 3.66. The van der Waals surface area contributed by atoms with E-state index in [9.17, 15) is 4.79 Å². The van der Waals surface area contributed by atoms with Crippen molar-refractivity contribution in [1.29, 1.82) is 0 Å². The summed E-state index contributed by atoms with van der Waals surface area (Å²) >= 11 is 0. The van der Waals surface area contributed by atoms with E-state index in [1.165, 1.54) is 0 Å². The molecule has 1 aliphatic rings. The van der Waals surface area contributed by atoms with Crippen molar-refractivity contribution in [2.75, 3.05) is 6.54 Å². The number of nitrogens with zero attached hydrogens (tertiary/aromatic N) is 4. The van der Waals surface area contributed by atoms with Crippen molar-refractivity contribution in [3.63, 3.8) is 0 Å². The second-order valence-corrected chi connectivity index (χ2v) is 5.84. The third kappa shape index (κ3) is 2.57. The molecule has 6 heteroatoms. The molecule has 0 spiro atoms. The minimum absolute atomic E-state index is 0.0282. The summed E-state index contributed by atoms with van der Waals surface area (Å²) in [5.41, 5.74) is 1.41. The van der Waals surface area contributed by atoms with E-state index < -0.39 is 0 Å². The number of aryl methyl sites for hydroxylation is 1. The first-order chi connectivity index (χ1) is 10.1. The Morgan fingerprint density at radius 2 is 2.29 bits per heavy atom. The van der Waals surface area contributed by atoms with Crippen LogP contribution in [0.1, 0.15) is 60.6 Å². The molecule has 3 heterocycles. The first-order valence-corrected chi connectivity index (χ1v) is 7.33. The first kappa shape index (κ1) is 13.9. The molecule has 2 aromatic heterocycles. The number of aromatic nitrogens is 3. The number of carbonyl (C=O) groups excluding carboxylic acids is 1. The first-order valence-electron chi connectivity index (χ1n) is 7.33. The third-order valence-electron chi connectivity index (χ3n) is 3.91. The van der Waals surface area contributed by atoms with Crippen molar-refractivity contribution in [1.82, 2.24) is 19.8 Å². The van der Waals surface area contributed by atoms with E-state index in [4.69, 9.17) is 4.52 Å². The second-order valence-electron chi connectivity index (χ2n) is 5.84.